The molecule has 1 rings (SSSR count). The molecule has 0 amide bonds. The number of methoxy groups -OCH3 is 2. The molecule has 4 heteroatoms. The molecule has 0 saturated carbocycles. The van der Waals surface area contributed by atoms with Gasteiger partial charge >= 0.3 is 0 Å². The minimum atomic E-state index is 0.612. The van der Waals surface area contributed by atoms with Crippen LogP contribution < -0.4 is 15.2 Å². The van der Waals surface area contributed by atoms with Gasteiger partial charge in [-0.3, -0.25) is 0 Å². The zero-order chi connectivity index (χ0) is 12.7. The number of rotatable bonds is 7. The zero-order valence-electron chi connectivity index (χ0n) is 10.8. The largest absolute Gasteiger partial charge is 0.496 e. The lowest BCUT2D eigenvalue weighted by atomic mass is 10.2. The maximum absolute atomic E-state index is 5.59. The number of ether oxygens (including phenoxy) is 2. The molecule has 1 aromatic rings. The van der Waals surface area contributed by atoms with Crippen molar-refractivity contribution in [3.05, 3.63) is 17.7 Å². The van der Waals surface area contributed by atoms with E-state index in [1.807, 2.05) is 12.1 Å². The molecular formula is C13H21NO2S. The summed E-state index contributed by atoms with van der Waals surface area (Å²) in [6, 6.07) is 4.08. The topological polar surface area (TPSA) is 44.5 Å². The predicted octanol–water partition coefficient (Wildman–Crippen LogP) is 2.71. The van der Waals surface area contributed by atoms with Crippen LogP contribution in [0.2, 0.25) is 0 Å². The van der Waals surface area contributed by atoms with E-state index in [0.29, 0.717) is 6.54 Å². The highest BCUT2D eigenvalue weighted by molar-refractivity contribution is 7.99. The van der Waals surface area contributed by atoms with Gasteiger partial charge in [-0.2, -0.15) is 0 Å². The summed E-state index contributed by atoms with van der Waals surface area (Å²) in [6.45, 7) is 2.78. The van der Waals surface area contributed by atoms with E-state index >= 15 is 0 Å². The van der Waals surface area contributed by atoms with E-state index in [1.165, 1.54) is 0 Å². The Labute approximate surface area is 108 Å². The second-order valence-corrected chi connectivity index (χ2v) is 4.84. The van der Waals surface area contributed by atoms with Gasteiger partial charge in [0.2, 0.25) is 0 Å². The molecule has 96 valence electrons. The van der Waals surface area contributed by atoms with E-state index in [4.69, 9.17) is 15.2 Å². The van der Waals surface area contributed by atoms with Crippen molar-refractivity contribution < 1.29 is 9.47 Å². The number of hydrogen-bond acceptors (Lipinski definition) is 4. The number of thioether (sulfide) groups is 1. The zero-order valence-corrected chi connectivity index (χ0v) is 11.6. The van der Waals surface area contributed by atoms with Gasteiger partial charge in [0, 0.05) is 0 Å². The number of benzene rings is 1. The molecule has 17 heavy (non-hydrogen) atoms. The quantitative estimate of drug-likeness (QED) is 0.762. The summed E-state index contributed by atoms with van der Waals surface area (Å²) in [5.41, 5.74) is 6.70. The monoisotopic (exact) mass is 256 g/mol. The standard InChI is InChI=1S/C13H21NO2S/c1-4-7-17-13-9-11(15-2)10(5-6-14)8-12(13)16-3/h8-9H,4-7,14H2,1-3H3/i8+1. The average Bonchev–Trinajstić information content (AvgIpc) is 2.36. The maximum atomic E-state index is 5.59. The average molecular weight is 256 g/mol. The van der Waals surface area contributed by atoms with Gasteiger partial charge in [-0.05, 0) is 42.8 Å². The Kier molecular flexibility index (Phi) is 6.22. The Morgan fingerprint density at radius 2 is 1.88 bits per heavy atom. The molecular weight excluding hydrogens is 235 g/mol. The molecule has 0 unspecified atom stereocenters. The highest BCUT2D eigenvalue weighted by Gasteiger charge is 2.10. The van der Waals surface area contributed by atoms with Crippen molar-refractivity contribution in [3.8, 4) is 11.5 Å². The molecule has 2 N–H and O–H groups in total. The van der Waals surface area contributed by atoms with Crippen LogP contribution in [0.25, 0.3) is 0 Å². The lowest BCUT2D eigenvalue weighted by Gasteiger charge is -2.14. The van der Waals surface area contributed by atoms with E-state index < -0.39 is 0 Å². The molecule has 1 aromatic carbocycles. The van der Waals surface area contributed by atoms with Gasteiger partial charge in [-0.25, -0.2) is 0 Å². The Morgan fingerprint density at radius 1 is 1.18 bits per heavy atom. The number of nitrogens with two attached hydrogens (primary N) is 1. The molecule has 3 nitrogen and oxygen atoms in total. The third-order valence-corrected chi connectivity index (χ3v) is 3.68. The van der Waals surface area contributed by atoms with E-state index in [9.17, 15) is 0 Å². The van der Waals surface area contributed by atoms with Crippen LogP contribution in [-0.2, 0) is 6.42 Å². The molecule has 0 spiro atoms. The lowest BCUT2D eigenvalue weighted by molar-refractivity contribution is 0.390. The normalized spacial score (nSPS) is 10.4. The van der Waals surface area contributed by atoms with Crippen molar-refractivity contribution in [2.45, 2.75) is 24.7 Å². The summed E-state index contributed by atoms with van der Waals surface area (Å²) in [7, 11) is 3.39. The fraction of sp³-hybridized carbons (Fsp3) is 0.538. The second kappa shape index (κ2) is 7.45. The molecule has 0 aliphatic carbocycles. The molecule has 0 heterocycles. The van der Waals surface area contributed by atoms with Gasteiger partial charge in [-0.15, -0.1) is 11.8 Å². The predicted molar refractivity (Wildman–Crippen MR) is 73.3 cm³/mol. The molecule has 0 aliphatic rings. The van der Waals surface area contributed by atoms with Crippen molar-refractivity contribution in [3.63, 3.8) is 0 Å². The maximum Gasteiger partial charge on any atom is 0.132 e. The van der Waals surface area contributed by atoms with Crippen molar-refractivity contribution >= 4 is 11.8 Å². The highest BCUT2D eigenvalue weighted by Crippen LogP contribution is 2.36. The van der Waals surface area contributed by atoms with Crippen LogP contribution in [0.1, 0.15) is 18.9 Å². The smallest absolute Gasteiger partial charge is 0.132 e. The first kappa shape index (κ1) is 14.2. The summed E-state index contributed by atoms with van der Waals surface area (Å²) < 4.78 is 10.8. The fourth-order valence-electron chi connectivity index (χ4n) is 1.61. The van der Waals surface area contributed by atoms with Crippen molar-refractivity contribution in [2.24, 2.45) is 5.73 Å². The van der Waals surface area contributed by atoms with Gasteiger partial charge in [0.15, 0.2) is 0 Å². The molecule has 0 fully saturated rings. The Balaban J connectivity index is 3.04. The van der Waals surface area contributed by atoms with E-state index in [-0.39, 0.29) is 0 Å². The first-order valence-corrected chi connectivity index (χ1v) is 6.83. The van der Waals surface area contributed by atoms with Gasteiger partial charge in [-0.1, -0.05) is 6.92 Å². The molecule has 0 bridgehead atoms. The van der Waals surface area contributed by atoms with Crippen LogP contribution in [0.5, 0.6) is 11.5 Å². The Bertz CT molecular complexity index is 356. The minimum Gasteiger partial charge on any atom is -0.496 e. The van der Waals surface area contributed by atoms with Crippen LogP contribution in [0.4, 0.5) is 0 Å². The molecule has 0 saturated heterocycles. The molecule has 0 aliphatic heterocycles. The summed E-state index contributed by atoms with van der Waals surface area (Å²) >= 11 is 1.79. The van der Waals surface area contributed by atoms with Gasteiger partial charge in [0.1, 0.15) is 11.5 Å². The Morgan fingerprint density at radius 3 is 2.41 bits per heavy atom. The SMILES string of the molecule is CCCSc1cc(OC)c(CCN)[13cH]c1OC. The summed E-state index contributed by atoms with van der Waals surface area (Å²) in [4.78, 5) is 1.13. The van der Waals surface area contributed by atoms with Crippen molar-refractivity contribution in [2.75, 3.05) is 26.5 Å². The van der Waals surface area contributed by atoms with E-state index in [0.717, 1.165) is 40.6 Å². The van der Waals surface area contributed by atoms with Crippen LogP contribution in [0, 0.1) is 0 Å². The van der Waals surface area contributed by atoms with E-state index in [1.54, 1.807) is 26.0 Å². The van der Waals surface area contributed by atoms with Crippen LogP contribution in [-0.4, -0.2) is 26.5 Å². The first-order valence-electron chi connectivity index (χ1n) is 5.84. The number of hydrogen-bond donors (Lipinski definition) is 1. The van der Waals surface area contributed by atoms with E-state index in [2.05, 4.69) is 6.92 Å². The third-order valence-electron chi connectivity index (χ3n) is 2.44. The van der Waals surface area contributed by atoms with Crippen LogP contribution >= 0.6 is 11.8 Å². The van der Waals surface area contributed by atoms with Crippen molar-refractivity contribution in [1.82, 2.24) is 0 Å². The summed E-state index contributed by atoms with van der Waals surface area (Å²) in [5.74, 6) is 2.89. The molecule has 0 aromatic heterocycles. The van der Waals surface area contributed by atoms with Gasteiger partial charge < -0.3 is 15.2 Å². The minimum absolute atomic E-state index is 0.612. The summed E-state index contributed by atoms with van der Waals surface area (Å²) in [5, 5.41) is 0. The molecule has 0 atom stereocenters. The van der Waals surface area contributed by atoms with Gasteiger partial charge in [0.25, 0.3) is 0 Å². The van der Waals surface area contributed by atoms with Crippen LogP contribution in [0.15, 0.2) is 17.0 Å². The fourth-order valence-corrected chi connectivity index (χ4v) is 2.51. The second-order valence-electron chi connectivity index (χ2n) is 3.70. The van der Waals surface area contributed by atoms with Gasteiger partial charge in [0.05, 0.1) is 19.1 Å². The van der Waals surface area contributed by atoms with Crippen molar-refractivity contribution in [1.29, 1.82) is 0 Å². The summed E-state index contributed by atoms with van der Waals surface area (Å²) in [6.07, 6.45) is 1.94. The van der Waals surface area contributed by atoms with Crippen LogP contribution in [0.3, 0.4) is 0 Å². The first-order chi connectivity index (χ1) is 8.26. The highest BCUT2D eigenvalue weighted by atomic mass is 32.2. The third kappa shape index (κ3) is 3.82. The lowest BCUT2D eigenvalue weighted by Crippen LogP contribution is -2.05. The molecule has 0 radical (unpaired) electrons. The Hall–Kier alpha value is -0.870.